The van der Waals surface area contributed by atoms with Gasteiger partial charge in [-0.1, -0.05) is 74.4 Å². The molecule has 1 saturated carbocycles. The van der Waals surface area contributed by atoms with Crippen LogP contribution in [0.5, 0.6) is 0 Å². The molecule has 1 fully saturated rings. The summed E-state index contributed by atoms with van der Waals surface area (Å²) in [4.78, 5) is 0. The highest BCUT2D eigenvalue weighted by Gasteiger charge is 2.22. The van der Waals surface area contributed by atoms with E-state index in [1.54, 1.807) is 0 Å². The van der Waals surface area contributed by atoms with E-state index in [1.807, 2.05) is 0 Å². The third-order valence-corrected chi connectivity index (χ3v) is 4.65. The Bertz CT molecular complexity index is 503. The zero-order valence-electron chi connectivity index (χ0n) is 11.7. The molecule has 0 heteroatoms. The molecule has 0 saturated heterocycles. The van der Waals surface area contributed by atoms with Gasteiger partial charge in [0, 0.05) is 0 Å². The predicted molar refractivity (Wildman–Crippen MR) is 82.3 cm³/mol. The molecule has 19 heavy (non-hydrogen) atoms. The molecule has 0 aromatic heterocycles. The van der Waals surface area contributed by atoms with E-state index in [4.69, 9.17) is 0 Å². The molecule has 0 radical (unpaired) electrons. The smallest absolute Gasteiger partial charge is 0.0162 e. The molecule has 2 aromatic rings. The van der Waals surface area contributed by atoms with E-state index in [0.717, 1.165) is 5.92 Å². The van der Waals surface area contributed by atoms with Gasteiger partial charge in [0.15, 0.2) is 0 Å². The summed E-state index contributed by atoms with van der Waals surface area (Å²) < 4.78 is 0. The van der Waals surface area contributed by atoms with Crippen molar-refractivity contribution < 1.29 is 0 Å². The highest BCUT2D eigenvalue weighted by molar-refractivity contribution is 5.63. The zero-order valence-corrected chi connectivity index (χ0v) is 11.7. The molecule has 0 nitrogen and oxygen atoms in total. The predicted octanol–water partition coefficient (Wildman–Crippen LogP) is 5.65. The van der Waals surface area contributed by atoms with E-state index < -0.39 is 0 Å². The van der Waals surface area contributed by atoms with Crippen molar-refractivity contribution in [1.29, 1.82) is 0 Å². The number of rotatable bonds is 3. The molecule has 3 rings (SSSR count). The molecule has 1 atom stereocenters. The first kappa shape index (κ1) is 12.5. The van der Waals surface area contributed by atoms with Crippen LogP contribution in [-0.2, 0) is 0 Å². The fourth-order valence-electron chi connectivity index (χ4n) is 3.34. The van der Waals surface area contributed by atoms with Gasteiger partial charge in [-0.25, -0.2) is 0 Å². The molecule has 2 aromatic carbocycles. The van der Waals surface area contributed by atoms with Crippen molar-refractivity contribution in [2.24, 2.45) is 5.92 Å². The summed E-state index contributed by atoms with van der Waals surface area (Å²) in [5.74, 6) is 1.62. The summed E-state index contributed by atoms with van der Waals surface area (Å²) in [6, 6.07) is 19.8. The molecule has 0 spiro atoms. The lowest BCUT2D eigenvalue weighted by molar-refractivity contribution is 0.461. The molecule has 1 aliphatic rings. The summed E-state index contributed by atoms with van der Waals surface area (Å²) in [5, 5.41) is 0. The lowest BCUT2D eigenvalue weighted by atomic mass is 9.86. The minimum Gasteiger partial charge on any atom is -0.0622 e. The van der Waals surface area contributed by atoms with E-state index >= 15 is 0 Å². The minimum atomic E-state index is 0.715. The van der Waals surface area contributed by atoms with E-state index in [-0.39, 0.29) is 0 Å². The number of hydrogen-bond donors (Lipinski definition) is 0. The average Bonchev–Trinajstić information content (AvgIpc) is 3.02. The first-order chi connectivity index (χ1) is 9.34. The molecule has 98 valence electrons. The Morgan fingerprint density at radius 2 is 1.37 bits per heavy atom. The number of hydrogen-bond acceptors (Lipinski definition) is 0. The Labute approximate surface area is 116 Å². The van der Waals surface area contributed by atoms with Crippen LogP contribution in [0.25, 0.3) is 11.1 Å². The van der Waals surface area contributed by atoms with Crippen LogP contribution in [-0.4, -0.2) is 0 Å². The van der Waals surface area contributed by atoms with Crippen molar-refractivity contribution in [3.63, 3.8) is 0 Å². The van der Waals surface area contributed by atoms with Crippen LogP contribution >= 0.6 is 0 Å². The van der Waals surface area contributed by atoms with Gasteiger partial charge in [-0.3, -0.25) is 0 Å². The molecule has 0 unspecified atom stereocenters. The first-order valence-electron chi connectivity index (χ1n) is 7.50. The van der Waals surface area contributed by atoms with Crippen molar-refractivity contribution in [2.45, 2.75) is 38.5 Å². The third-order valence-electron chi connectivity index (χ3n) is 4.65. The largest absolute Gasteiger partial charge is 0.0622 e. The lowest BCUT2D eigenvalue weighted by Crippen LogP contribution is -2.05. The summed E-state index contributed by atoms with van der Waals surface area (Å²) in [5.41, 5.74) is 4.14. The normalized spacial score (nSPS) is 17.5. The second-order valence-electron chi connectivity index (χ2n) is 5.82. The second kappa shape index (κ2) is 5.61. The molecular formula is C19H22. The van der Waals surface area contributed by atoms with Crippen molar-refractivity contribution in [3.8, 4) is 11.1 Å². The van der Waals surface area contributed by atoms with Gasteiger partial charge in [-0.2, -0.15) is 0 Å². The molecule has 0 heterocycles. The first-order valence-corrected chi connectivity index (χ1v) is 7.50. The minimum absolute atomic E-state index is 0.715. The Morgan fingerprint density at radius 1 is 0.789 bits per heavy atom. The molecule has 0 amide bonds. The van der Waals surface area contributed by atoms with E-state index in [9.17, 15) is 0 Å². The van der Waals surface area contributed by atoms with E-state index in [0.29, 0.717) is 5.92 Å². The molecule has 1 aliphatic carbocycles. The molecule has 0 aliphatic heterocycles. The molecule has 0 bridgehead atoms. The number of benzene rings is 2. The van der Waals surface area contributed by atoms with Gasteiger partial charge in [0.25, 0.3) is 0 Å². The van der Waals surface area contributed by atoms with Gasteiger partial charge in [0.1, 0.15) is 0 Å². The maximum absolute atomic E-state index is 2.40. The highest BCUT2D eigenvalue weighted by Crippen LogP contribution is 2.37. The van der Waals surface area contributed by atoms with Crippen LogP contribution in [0.1, 0.15) is 44.1 Å². The van der Waals surface area contributed by atoms with Gasteiger partial charge >= 0.3 is 0 Å². The fourth-order valence-corrected chi connectivity index (χ4v) is 3.34. The Hall–Kier alpha value is -1.56. The van der Waals surface area contributed by atoms with Crippen LogP contribution in [0, 0.1) is 5.92 Å². The van der Waals surface area contributed by atoms with Crippen molar-refractivity contribution in [2.75, 3.05) is 0 Å². The van der Waals surface area contributed by atoms with Gasteiger partial charge in [-0.05, 0) is 41.4 Å². The monoisotopic (exact) mass is 250 g/mol. The van der Waals surface area contributed by atoms with Crippen LogP contribution in [0.15, 0.2) is 54.6 Å². The van der Waals surface area contributed by atoms with Crippen LogP contribution in [0.2, 0.25) is 0 Å². The van der Waals surface area contributed by atoms with Crippen LogP contribution in [0.3, 0.4) is 0 Å². The van der Waals surface area contributed by atoms with Gasteiger partial charge in [0.05, 0.1) is 0 Å². The van der Waals surface area contributed by atoms with Gasteiger partial charge in [0.2, 0.25) is 0 Å². The van der Waals surface area contributed by atoms with Crippen molar-refractivity contribution in [3.05, 3.63) is 60.2 Å². The maximum atomic E-state index is 2.40. The van der Waals surface area contributed by atoms with Crippen LogP contribution < -0.4 is 0 Å². The lowest BCUT2D eigenvalue weighted by Gasteiger charge is -2.19. The Morgan fingerprint density at radius 3 is 2.00 bits per heavy atom. The standard InChI is InChI=1S/C19H22/c1-15(16-7-5-6-8-16)17-11-13-19(14-12-17)18-9-3-2-4-10-18/h2-4,9-16H,5-8H2,1H3/t15-/m0/s1. The topological polar surface area (TPSA) is 0 Å². The van der Waals surface area contributed by atoms with Crippen molar-refractivity contribution in [1.82, 2.24) is 0 Å². The van der Waals surface area contributed by atoms with Crippen LogP contribution in [0.4, 0.5) is 0 Å². The Balaban J connectivity index is 1.79. The van der Waals surface area contributed by atoms with E-state index in [1.165, 1.54) is 42.4 Å². The Kier molecular flexibility index (Phi) is 3.68. The average molecular weight is 250 g/mol. The zero-order chi connectivity index (χ0) is 13.1. The fraction of sp³-hybridized carbons (Fsp3) is 0.368. The van der Waals surface area contributed by atoms with E-state index in [2.05, 4.69) is 61.5 Å². The maximum Gasteiger partial charge on any atom is -0.0162 e. The summed E-state index contributed by atoms with van der Waals surface area (Å²) >= 11 is 0. The molecule has 0 N–H and O–H groups in total. The second-order valence-corrected chi connectivity index (χ2v) is 5.82. The van der Waals surface area contributed by atoms with Crippen molar-refractivity contribution >= 4 is 0 Å². The van der Waals surface area contributed by atoms with Gasteiger partial charge in [-0.15, -0.1) is 0 Å². The quantitative estimate of drug-likeness (QED) is 0.660. The summed E-state index contributed by atoms with van der Waals surface area (Å²) in [6.07, 6.45) is 5.69. The third kappa shape index (κ3) is 2.73. The summed E-state index contributed by atoms with van der Waals surface area (Å²) in [6.45, 7) is 2.40. The highest BCUT2D eigenvalue weighted by atomic mass is 14.3. The molecular weight excluding hydrogens is 228 g/mol. The SMILES string of the molecule is C[C@H](c1ccc(-c2ccccc2)cc1)C1CCCC1. The van der Waals surface area contributed by atoms with Gasteiger partial charge < -0.3 is 0 Å². The summed E-state index contributed by atoms with van der Waals surface area (Å²) in [7, 11) is 0.